The van der Waals surface area contributed by atoms with Crippen molar-refractivity contribution in [2.24, 2.45) is 5.41 Å². The lowest BCUT2D eigenvalue weighted by molar-refractivity contribution is -0.145. The zero-order valence-corrected chi connectivity index (χ0v) is 10.6. The van der Waals surface area contributed by atoms with Gasteiger partial charge in [-0.2, -0.15) is 0 Å². The van der Waals surface area contributed by atoms with Crippen molar-refractivity contribution in [3.8, 4) is 0 Å². The number of aromatic nitrogens is 3. The minimum atomic E-state index is -1.09. The fourth-order valence-corrected chi connectivity index (χ4v) is 1.82. The largest absolute Gasteiger partial charge is 0.476 e. The number of hydrogen-bond acceptors (Lipinski definition) is 4. The highest BCUT2D eigenvalue weighted by molar-refractivity contribution is 5.84. The first-order chi connectivity index (χ1) is 8.29. The predicted molar refractivity (Wildman–Crippen MR) is 62.1 cm³/mol. The van der Waals surface area contributed by atoms with Gasteiger partial charge in [0.15, 0.2) is 5.69 Å². The van der Waals surface area contributed by atoms with E-state index in [2.05, 4.69) is 10.3 Å². The quantitative estimate of drug-likeness (QED) is 0.823. The summed E-state index contributed by atoms with van der Waals surface area (Å²) in [6.45, 7) is 6.74. The second-order valence-electron chi connectivity index (χ2n) is 5.50. The van der Waals surface area contributed by atoms with Crippen molar-refractivity contribution in [3.05, 3.63) is 11.9 Å². The molecule has 0 bridgehead atoms. The zero-order chi connectivity index (χ0) is 13.5. The number of amides is 1. The Kier molecular flexibility index (Phi) is 2.84. The summed E-state index contributed by atoms with van der Waals surface area (Å²) in [5, 5.41) is 16.0. The third kappa shape index (κ3) is 2.20. The predicted octanol–water partition coefficient (Wildman–Crippen LogP) is 0.406. The first-order valence-corrected chi connectivity index (χ1v) is 5.73. The van der Waals surface area contributed by atoms with Crippen LogP contribution in [0.4, 0.5) is 0 Å². The van der Waals surface area contributed by atoms with Gasteiger partial charge in [-0.1, -0.05) is 26.0 Å². The van der Waals surface area contributed by atoms with Crippen LogP contribution in [0.1, 0.15) is 37.3 Å². The molecule has 0 radical (unpaired) electrons. The molecule has 1 aliphatic heterocycles. The van der Waals surface area contributed by atoms with E-state index < -0.39 is 5.97 Å². The minimum absolute atomic E-state index is 0.0249. The van der Waals surface area contributed by atoms with Crippen LogP contribution in [-0.4, -0.2) is 50.0 Å². The summed E-state index contributed by atoms with van der Waals surface area (Å²) in [6.07, 6.45) is 1.39. The van der Waals surface area contributed by atoms with Crippen LogP contribution in [0.3, 0.4) is 0 Å². The first kappa shape index (κ1) is 12.5. The standard InChI is InChI=1S/C11H16N4O3/c1-11(2,3)10(18)14-4-7(5-14)15-6-8(9(16)17)12-13-15/h6-7H,4-5H2,1-3H3,(H,16,17). The summed E-state index contributed by atoms with van der Waals surface area (Å²) in [4.78, 5) is 24.3. The molecule has 2 heterocycles. The highest BCUT2D eigenvalue weighted by Crippen LogP contribution is 2.26. The second-order valence-corrected chi connectivity index (χ2v) is 5.50. The molecular weight excluding hydrogens is 236 g/mol. The SMILES string of the molecule is CC(C)(C)C(=O)N1CC(n2cc(C(=O)O)nn2)C1. The van der Waals surface area contributed by atoms with Gasteiger partial charge in [0.1, 0.15) is 0 Å². The van der Waals surface area contributed by atoms with Crippen LogP contribution in [0.5, 0.6) is 0 Å². The van der Waals surface area contributed by atoms with Crippen molar-refractivity contribution in [2.45, 2.75) is 26.8 Å². The van der Waals surface area contributed by atoms with E-state index in [0.29, 0.717) is 13.1 Å². The van der Waals surface area contributed by atoms with E-state index in [1.165, 1.54) is 10.9 Å². The number of carboxylic acid groups (broad SMARTS) is 1. The van der Waals surface area contributed by atoms with Gasteiger partial charge in [0, 0.05) is 18.5 Å². The van der Waals surface area contributed by atoms with E-state index in [0.717, 1.165) is 0 Å². The van der Waals surface area contributed by atoms with Gasteiger partial charge in [-0.05, 0) is 0 Å². The highest BCUT2D eigenvalue weighted by Gasteiger charge is 2.37. The topological polar surface area (TPSA) is 88.3 Å². The van der Waals surface area contributed by atoms with Gasteiger partial charge in [0.25, 0.3) is 0 Å². The van der Waals surface area contributed by atoms with Crippen LogP contribution in [0.15, 0.2) is 6.20 Å². The Labute approximate surface area is 104 Å². The molecule has 98 valence electrons. The van der Waals surface area contributed by atoms with E-state index in [-0.39, 0.29) is 23.1 Å². The summed E-state index contributed by atoms with van der Waals surface area (Å²) in [7, 11) is 0. The molecule has 0 aliphatic carbocycles. The lowest BCUT2D eigenvalue weighted by Gasteiger charge is -2.41. The van der Waals surface area contributed by atoms with Crippen LogP contribution in [-0.2, 0) is 4.79 Å². The summed E-state index contributed by atoms with van der Waals surface area (Å²) in [5.74, 6) is -1.000. The molecule has 2 rings (SSSR count). The molecule has 1 fully saturated rings. The normalized spacial score (nSPS) is 16.5. The second kappa shape index (κ2) is 4.08. The minimum Gasteiger partial charge on any atom is -0.476 e. The Hall–Kier alpha value is -1.92. The molecule has 1 aromatic heterocycles. The average Bonchev–Trinajstić information content (AvgIpc) is 2.62. The van der Waals surface area contributed by atoms with Crippen molar-refractivity contribution in [1.29, 1.82) is 0 Å². The molecule has 18 heavy (non-hydrogen) atoms. The van der Waals surface area contributed by atoms with E-state index in [1.807, 2.05) is 20.8 Å². The van der Waals surface area contributed by atoms with Crippen molar-refractivity contribution in [2.75, 3.05) is 13.1 Å². The van der Waals surface area contributed by atoms with E-state index in [4.69, 9.17) is 5.11 Å². The van der Waals surface area contributed by atoms with E-state index >= 15 is 0 Å². The molecular formula is C11H16N4O3. The van der Waals surface area contributed by atoms with Crippen molar-refractivity contribution < 1.29 is 14.7 Å². The molecule has 1 amide bonds. The third-order valence-corrected chi connectivity index (χ3v) is 2.89. The Bertz CT molecular complexity index is 483. The number of carbonyl (C=O) groups is 2. The maximum atomic E-state index is 11.9. The Morgan fingerprint density at radius 3 is 2.44 bits per heavy atom. The first-order valence-electron chi connectivity index (χ1n) is 5.73. The Morgan fingerprint density at radius 1 is 1.39 bits per heavy atom. The summed E-state index contributed by atoms with van der Waals surface area (Å²) >= 11 is 0. The summed E-state index contributed by atoms with van der Waals surface area (Å²) in [5.41, 5.74) is -0.463. The molecule has 0 atom stereocenters. The van der Waals surface area contributed by atoms with Gasteiger partial charge in [-0.15, -0.1) is 5.10 Å². The van der Waals surface area contributed by atoms with Gasteiger partial charge in [-0.3, -0.25) is 4.79 Å². The van der Waals surface area contributed by atoms with Crippen molar-refractivity contribution in [3.63, 3.8) is 0 Å². The van der Waals surface area contributed by atoms with Crippen LogP contribution in [0, 0.1) is 5.41 Å². The smallest absolute Gasteiger partial charge is 0.358 e. The summed E-state index contributed by atoms with van der Waals surface area (Å²) in [6, 6.07) is 0.0249. The van der Waals surface area contributed by atoms with E-state index in [9.17, 15) is 9.59 Å². The number of likely N-dealkylation sites (tertiary alicyclic amines) is 1. The number of aromatic carboxylic acids is 1. The number of carboxylic acids is 1. The lowest BCUT2D eigenvalue weighted by atomic mass is 9.92. The van der Waals surface area contributed by atoms with Gasteiger partial charge < -0.3 is 10.0 Å². The third-order valence-electron chi connectivity index (χ3n) is 2.89. The molecule has 1 aliphatic rings. The zero-order valence-electron chi connectivity index (χ0n) is 10.6. The fraction of sp³-hybridized carbons (Fsp3) is 0.636. The monoisotopic (exact) mass is 252 g/mol. The molecule has 0 aromatic carbocycles. The Morgan fingerprint density at radius 2 is 2.00 bits per heavy atom. The molecule has 7 heteroatoms. The molecule has 0 spiro atoms. The number of rotatable bonds is 2. The molecule has 0 unspecified atom stereocenters. The molecule has 1 N–H and O–H groups in total. The number of carbonyl (C=O) groups excluding carboxylic acids is 1. The lowest BCUT2D eigenvalue weighted by Crippen LogP contribution is -2.54. The maximum absolute atomic E-state index is 11.9. The van der Waals surface area contributed by atoms with Crippen LogP contribution in [0.2, 0.25) is 0 Å². The van der Waals surface area contributed by atoms with Gasteiger partial charge in [0.05, 0.1) is 12.2 Å². The average molecular weight is 252 g/mol. The Balaban J connectivity index is 1.96. The molecule has 1 saturated heterocycles. The maximum Gasteiger partial charge on any atom is 0.358 e. The molecule has 7 nitrogen and oxygen atoms in total. The summed E-state index contributed by atoms with van der Waals surface area (Å²) < 4.78 is 1.51. The number of nitrogens with zero attached hydrogens (tertiary/aromatic N) is 4. The molecule has 0 saturated carbocycles. The van der Waals surface area contributed by atoms with Crippen LogP contribution >= 0.6 is 0 Å². The van der Waals surface area contributed by atoms with Gasteiger partial charge in [-0.25, -0.2) is 9.48 Å². The highest BCUT2D eigenvalue weighted by atomic mass is 16.4. The van der Waals surface area contributed by atoms with Crippen LogP contribution < -0.4 is 0 Å². The molecule has 1 aromatic rings. The van der Waals surface area contributed by atoms with Gasteiger partial charge in [0.2, 0.25) is 5.91 Å². The van der Waals surface area contributed by atoms with Gasteiger partial charge >= 0.3 is 5.97 Å². The number of hydrogen-bond donors (Lipinski definition) is 1. The van der Waals surface area contributed by atoms with Crippen LogP contribution in [0.25, 0.3) is 0 Å². The fourth-order valence-electron chi connectivity index (χ4n) is 1.82. The van der Waals surface area contributed by atoms with E-state index in [1.54, 1.807) is 4.90 Å². The van der Waals surface area contributed by atoms with Crippen molar-refractivity contribution in [1.82, 2.24) is 19.9 Å². The van der Waals surface area contributed by atoms with Crippen molar-refractivity contribution >= 4 is 11.9 Å².